The van der Waals surface area contributed by atoms with Crippen LogP contribution >= 0.6 is 27.5 Å². The lowest BCUT2D eigenvalue weighted by Gasteiger charge is -2.08. The number of aliphatic hydroxyl groups excluding tert-OH is 1. The molecule has 0 aliphatic carbocycles. The molecule has 1 aromatic carbocycles. The van der Waals surface area contributed by atoms with Gasteiger partial charge in [-0.15, -0.1) is 0 Å². The number of fused-ring (bicyclic) bond motifs is 1. The molecule has 1 atom stereocenters. The summed E-state index contributed by atoms with van der Waals surface area (Å²) in [5.41, 5.74) is 1.48. The summed E-state index contributed by atoms with van der Waals surface area (Å²) in [6.07, 6.45) is -0.599. The first kappa shape index (κ1) is 10.9. The molecule has 15 heavy (non-hydrogen) atoms. The first-order valence-electron chi connectivity index (χ1n) is 4.51. The van der Waals surface area contributed by atoms with Crippen molar-refractivity contribution in [2.24, 2.45) is 0 Å². The zero-order chi connectivity index (χ0) is 11.0. The number of rotatable bonds is 1. The van der Waals surface area contributed by atoms with Crippen LogP contribution in [0.5, 0.6) is 0 Å². The van der Waals surface area contributed by atoms with E-state index in [1.807, 2.05) is 24.3 Å². The van der Waals surface area contributed by atoms with E-state index in [1.165, 1.54) is 0 Å². The van der Waals surface area contributed by atoms with Crippen LogP contribution in [0.15, 0.2) is 28.7 Å². The number of halogens is 2. The van der Waals surface area contributed by atoms with Gasteiger partial charge in [0.2, 0.25) is 0 Å². The second-order valence-electron chi connectivity index (χ2n) is 3.38. The highest BCUT2D eigenvalue weighted by Crippen LogP contribution is 2.26. The van der Waals surface area contributed by atoms with Crippen LogP contribution < -0.4 is 0 Å². The van der Waals surface area contributed by atoms with Gasteiger partial charge in [0.1, 0.15) is 5.15 Å². The highest BCUT2D eigenvalue weighted by molar-refractivity contribution is 9.10. The smallest absolute Gasteiger partial charge is 0.135 e. The third-order valence-electron chi connectivity index (χ3n) is 2.21. The number of pyridine rings is 1. The van der Waals surface area contributed by atoms with Crippen molar-refractivity contribution in [1.29, 1.82) is 0 Å². The summed E-state index contributed by atoms with van der Waals surface area (Å²) in [6, 6.07) is 7.63. The predicted octanol–water partition coefficient (Wildman–Crippen LogP) is 3.70. The van der Waals surface area contributed by atoms with E-state index in [2.05, 4.69) is 20.9 Å². The van der Waals surface area contributed by atoms with Gasteiger partial charge in [0.15, 0.2) is 0 Å². The number of hydrogen-bond donors (Lipinski definition) is 1. The largest absolute Gasteiger partial charge is 0.389 e. The van der Waals surface area contributed by atoms with Gasteiger partial charge in [0.05, 0.1) is 11.6 Å². The molecule has 4 heteroatoms. The number of nitrogens with zero attached hydrogens (tertiary/aromatic N) is 1. The molecule has 1 heterocycles. The lowest BCUT2D eigenvalue weighted by Crippen LogP contribution is -1.95. The Bertz CT molecular complexity index is 513. The van der Waals surface area contributed by atoms with E-state index in [9.17, 15) is 5.11 Å². The summed E-state index contributed by atoms with van der Waals surface area (Å²) in [6.45, 7) is 1.67. The fourth-order valence-electron chi connectivity index (χ4n) is 1.43. The van der Waals surface area contributed by atoms with E-state index < -0.39 is 6.10 Å². The molecule has 0 saturated carbocycles. The Morgan fingerprint density at radius 3 is 2.80 bits per heavy atom. The van der Waals surface area contributed by atoms with Crippen molar-refractivity contribution >= 4 is 38.4 Å². The molecule has 0 bridgehead atoms. The molecule has 0 spiro atoms. The van der Waals surface area contributed by atoms with Crippen LogP contribution in [0.4, 0.5) is 0 Å². The number of hydrogen-bond acceptors (Lipinski definition) is 2. The number of benzene rings is 1. The van der Waals surface area contributed by atoms with Crippen LogP contribution in [0.1, 0.15) is 18.6 Å². The molecular formula is C11H9BrClNO. The second-order valence-corrected chi connectivity index (χ2v) is 4.66. The van der Waals surface area contributed by atoms with E-state index in [-0.39, 0.29) is 0 Å². The van der Waals surface area contributed by atoms with Crippen molar-refractivity contribution in [1.82, 2.24) is 4.98 Å². The van der Waals surface area contributed by atoms with Crippen molar-refractivity contribution < 1.29 is 5.11 Å². The van der Waals surface area contributed by atoms with Crippen molar-refractivity contribution in [2.45, 2.75) is 13.0 Å². The van der Waals surface area contributed by atoms with Crippen LogP contribution in [0, 0.1) is 0 Å². The maximum Gasteiger partial charge on any atom is 0.135 e. The van der Waals surface area contributed by atoms with Crippen molar-refractivity contribution in [2.75, 3.05) is 0 Å². The van der Waals surface area contributed by atoms with Gasteiger partial charge in [0.25, 0.3) is 0 Å². The van der Waals surface area contributed by atoms with Crippen molar-refractivity contribution in [3.63, 3.8) is 0 Å². The highest BCUT2D eigenvalue weighted by atomic mass is 79.9. The SMILES string of the molecule is CC(O)c1cc2ccc(Br)cc2nc1Cl. The van der Waals surface area contributed by atoms with Gasteiger partial charge in [-0.1, -0.05) is 33.6 Å². The molecule has 2 rings (SSSR count). The Kier molecular flexibility index (Phi) is 2.96. The van der Waals surface area contributed by atoms with Gasteiger partial charge in [-0.25, -0.2) is 4.98 Å². The first-order valence-corrected chi connectivity index (χ1v) is 5.69. The molecule has 0 fully saturated rings. The standard InChI is InChI=1S/C11H9BrClNO/c1-6(15)9-4-7-2-3-8(12)5-10(7)14-11(9)13/h2-6,15H,1H3. The third-order valence-corrected chi connectivity index (χ3v) is 3.01. The van der Waals surface area contributed by atoms with Crippen LogP contribution in [0.3, 0.4) is 0 Å². The minimum absolute atomic E-state index is 0.357. The summed E-state index contributed by atoms with van der Waals surface area (Å²) in [5.74, 6) is 0. The van der Waals surface area contributed by atoms with Gasteiger partial charge in [-0.3, -0.25) is 0 Å². The molecule has 0 radical (unpaired) electrons. The van der Waals surface area contributed by atoms with Gasteiger partial charge >= 0.3 is 0 Å². The summed E-state index contributed by atoms with van der Waals surface area (Å²) < 4.78 is 0.961. The molecule has 1 unspecified atom stereocenters. The van der Waals surface area contributed by atoms with Crippen molar-refractivity contribution in [3.8, 4) is 0 Å². The van der Waals surface area contributed by atoms with Gasteiger partial charge in [-0.2, -0.15) is 0 Å². The molecule has 1 N–H and O–H groups in total. The summed E-state index contributed by atoms with van der Waals surface area (Å²) in [7, 11) is 0. The van der Waals surface area contributed by atoms with E-state index in [0.717, 1.165) is 15.4 Å². The van der Waals surface area contributed by atoms with E-state index >= 15 is 0 Å². The molecule has 0 aliphatic rings. The normalized spacial score (nSPS) is 13.1. The lowest BCUT2D eigenvalue weighted by molar-refractivity contribution is 0.199. The summed E-state index contributed by atoms with van der Waals surface area (Å²) >= 11 is 9.34. The number of aromatic nitrogens is 1. The molecule has 0 aliphatic heterocycles. The summed E-state index contributed by atoms with van der Waals surface area (Å²) in [4.78, 5) is 4.23. The Morgan fingerprint density at radius 2 is 2.13 bits per heavy atom. The fraction of sp³-hybridized carbons (Fsp3) is 0.182. The zero-order valence-corrected chi connectivity index (χ0v) is 10.4. The maximum absolute atomic E-state index is 9.48. The van der Waals surface area contributed by atoms with Gasteiger partial charge < -0.3 is 5.11 Å². The zero-order valence-electron chi connectivity index (χ0n) is 8.04. The van der Waals surface area contributed by atoms with E-state index in [0.29, 0.717) is 10.7 Å². The highest BCUT2D eigenvalue weighted by Gasteiger charge is 2.09. The molecule has 78 valence electrons. The molecule has 2 nitrogen and oxygen atoms in total. The minimum Gasteiger partial charge on any atom is -0.389 e. The van der Waals surface area contributed by atoms with Crippen LogP contribution in [0.2, 0.25) is 5.15 Å². The molecule has 1 aromatic heterocycles. The predicted molar refractivity (Wildman–Crippen MR) is 65.1 cm³/mol. The van der Waals surface area contributed by atoms with Crippen LogP contribution in [-0.4, -0.2) is 10.1 Å². The third kappa shape index (κ3) is 2.14. The van der Waals surface area contributed by atoms with E-state index in [4.69, 9.17) is 11.6 Å². The fourth-order valence-corrected chi connectivity index (χ4v) is 2.08. The monoisotopic (exact) mass is 285 g/mol. The van der Waals surface area contributed by atoms with Gasteiger partial charge in [0, 0.05) is 15.4 Å². The Morgan fingerprint density at radius 1 is 1.40 bits per heavy atom. The molecule has 2 aromatic rings. The lowest BCUT2D eigenvalue weighted by atomic mass is 10.1. The molecule has 0 amide bonds. The van der Waals surface area contributed by atoms with Crippen LogP contribution in [-0.2, 0) is 0 Å². The molecule has 0 saturated heterocycles. The first-order chi connectivity index (χ1) is 7.08. The quantitative estimate of drug-likeness (QED) is 0.811. The van der Waals surface area contributed by atoms with E-state index in [1.54, 1.807) is 6.92 Å². The number of aliphatic hydroxyl groups is 1. The van der Waals surface area contributed by atoms with Crippen LogP contribution in [0.25, 0.3) is 10.9 Å². The minimum atomic E-state index is -0.599. The summed E-state index contributed by atoms with van der Waals surface area (Å²) in [5, 5.41) is 10.8. The maximum atomic E-state index is 9.48. The van der Waals surface area contributed by atoms with Gasteiger partial charge in [-0.05, 0) is 25.1 Å². The van der Waals surface area contributed by atoms with Crippen molar-refractivity contribution in [3.05, 3.63) is 39.5 Å². The Labute approximate surface area is 101 Å². The average Bonchev–Trinajstić information content (AvgIpc) is 2.15. The Balaban J connectivity index is 2.71. The molecular weight excluding hydrogens is 277 g/mol. The Hall–Kier alpha value is -0.640. The topological polar surface area (TPSA) is 33.1 Å². The second kappa shape index (κ2) is 4.08. The average molecular weight is 287 g/mol.